The van der Waals surface area contributed by atoms with Crippen molar-refractivity contribution in [2.24, 2.45) is 0 Å². The van der Waals surface area contributed by atoms with E-state index in [9.17, 15) is 4.79 Å². The maximum absolute atomic E-state index is 11.4. The van der Waals surface area contributed by atoms with Gasteiger partial charge >= 0.3 is 5.69 Å². The normalized spacial score (nSPS) is 11.1. The van der Waals surface area contributed by atoms with Crippen molar-refractivity contribution >= 4 is 11.6 Å². The van der Waals surface area contributed by atoms with E-state index in [1.54, 1.807) is 6.20 Å². The Hall–Kier alpha value is -0.910. The number of hydrogen-bond donors (Lipinski definition) is 1. The number of hydrogen-bond acceptors (Lipinski definition) is 4. The van der Waals surface area contributed by atoms with Crippen molar-refractivity contribution in [2.45, 2.75) is 32.9 Å². The van der Waals surface area contributed by atoms with Gasteiger partial charge in [-0.05, 0) is 26.8 Å². The van der Waals surface area contributed by atoms with Gasteiger partial charge in [-0.25, -0.2) is 9.78 Å². The molecule has 0 spiro atoms. The summed E-state index contributed by atoms with van der Waals surface area (Å²) in [5, 5.41) is 3.72. The number of ether oxygens (including phenoxy) is 1. The van der Waals surface area contributed by atoms with Crippen LogP contribution in [0.3, 0.4) is 0 Å². The number of halogens is 1. The molecule has 0 aliphatic carbocycles. The Kier molecular flexibility index (Phi) is 6.93. The summed E-state index contributed by atoms with van der Waals surface area (Å²) in [6.45, 7) is 6.94. The van der Waals surface area contributed by atoms with Crippen LogP contribution in [-0.4, -0.2) is 35.4 Å². The van der Waals surface area contributed by atoms with Gasteiger partial charge in [0.05, 0.1) is 17.3 Å². The van der Waals surface area contributed by atoms with E-state index in [4.69, 9.17) is 16.3 Å². The first-order valence-electron chi connectivity index (χ1n) is 6.14. The molecule has 0 unspecified atom stereocenters. The third-order valence-corrected chi connectivity index (χ3v) is 2.50. The van der Waals surface area contributed by atoms with Crippen molar-refractivity contribution in [3.05, 3.63) is 27.9 Å². The van der Waals surface area contributed by atoms with Crippen LogP contribution in [-0.2, 0) is 11.3 Å². The zero-order valence-corrected chi connectivity index (χ0v) is 11.6. The maximum Gasteiger partial charge on any atom is 0.347 e. The molecule has 0 bridgehead atoms. The molecule has 0 aliphatic heterocycles. The summed E-state index contributed by atoms with van der Waals surface area (Å²) in [6, 6.07) is 0. The topological polar surface area (TPSA) is 56.1 Å². The molecule has 0 atom stereocenters. The van der Waals surface area contributed by atoms with E-state index in [0.29, 0.717) is 18.1 Å². The summed E-state index contributed by atoms with van der Waals surface area (Å²) >= 11 is 5.77. The van der Waals surface area contributed by atoms with E-state index < -0.39 is 0 Å². The van der Waals surface area contributed by atoms with Gasteiger partial charge in [0.2, 0.25) is 0 Å². The first-order chi connectivity index (χ1) is 8.59. The van der Waals surface area contributed by atoms with Crippen LogP contribution in [0.1, 0.15) is 20.3 Å². The summed E-state index contributed by atoms with van der Waals surface area (Å²) in [4.78, 5) is 15.0. The second kappa shape index (κ2) is 8.24. The molecule has 5 nitrogen and oxygen atoms in total. The minimum Gasteiger partial charge on any atom is -0.379 e. The lowest BCUT2D eigenvalue weighted by Gasteiger charge is -2.09. The fraction of sp³-hybridized carbons (Fsp3) is 0.667. The summed E-state index contributed by atoms with van der Waals surface area (Å²) in [5.41, 5.74) is -0.274. The van der Waals surface area contributed by atoms with E-state index >= 15 is 0 Å². The van der Waals surface area contributed by atoms with Crippen LogP contribution in [0.25, 0.3) is 0 Å². The Morgan fingerprint density at radius 1 is 1.50 bits per heavy atom. The maximum atomic E-state index is 11.4. The third kappa shape index (κ3) is 6.14. The molecule has 1 rings (SSSR count). The molecule has 1 aromatic heterocycles. The molecule has 0 fully saturated rings. The molecule has 1 aromatic rings. The van der Waals surface area contributed by atoms with Crippen LogP contribution >= 0.6 is 11.6 Å². The van der Waals surface area contributed by atoms with Crippen LogP contribution in [0.5, 0.6) is 0 Å². The van der Waals surface area contributed by atoms with Gasteiger partial charge in [-0.1, -0.05) is 11.6 Å². The number of aromatic nitrogens is 2. The highest BCUT2D eigenvalue weighted by atomic mass is 35.5. The molecular formula is C12H20ClN3O2. The molecule has 0 aromatic carbocycles. The molecule has 0 saturated heterocycles. The number of rotatable bonds is 8. The Morgan fingerprint density at radius 2 is 2.28 bits per heavy atom. The Bertz CT molecular complexity index is 407. The van der Waals surface area contributed by atoms with Gasteiger partial charge in [-0.2, -0.15) is 0 Å². The van der Waals surface area contributed by atoms with E-state index in [1.807, 2.05) is 13.8 Å². The zero-order chi connectivity index (χ0) is 13.4. The van der Waals surface area contributed by atoms with Gasteiger partial charge in [-0.15, -0.1) is 0 Å². The van der Waals surface area contributed by atoms with Gasteiger partial charge < -0.3 is 10.1 Å². The molecule has 6 heteroatoms. The molecule has 1 heterocycles. The second-order valence-electron chi connectivity index (χ2n) is 4.27. The molecular weight excluding hydrogens is 254 g/mol. The lowest BCUT2D eigenvalue weighted by Crippen LogP contribution is -2.28. The molecule has 102 valence electrons. The minimum absolute atomic E-state index is 0.274. The molecule has 0 amide bonds. The van der Waals surface area contributed by atoms with Crippen LogP contribution in [0.4, 0.5) is 0 Å². The number of nitrogens with zero attached hydrogens (tertiary/aromatic N) is 2. The third-order valence-electron chi connectivity index (χ3n) is 2.30. The quantitative estimate of drug-likeness (QED) is 0.726. The second-order valence-corrected chi connectivity index (χ2v) is 4.71. The van der Waals surface area contributed by atoms with Gasteiger partial charge in [0, 0.05) is 25.9 Å². The van der Waals surface area contributed by atoms with Crippen molar-refractivity contribution in [2.75, 3.05) is 19.7 Å². The zero-order valence-electron chi connectivity index (χ0n) is 10.9. The number of nitrogens with one attached hydrogen (secondary N) is 1. The van der Waals surface area contributed by atoms with Crippen molar-refractivity contribution in [3.8, 4) is 0 Å². The van der Waals surface area contributed by atoms with Crippen LogP contribution in [0.15, 0.2) is 17.2 Å². The van der Waals surface area contributed by atoms with Crippen LogP contribution in [0, 0.1) is 0 Å². The van der Waals surface area contributed by atoms with Crippen molar-refractivity contribution in [1.82, 2.24) is 14.9 Å². The van der Waals surface area contributed by atoms with E-state index in [0.717, 1.165) is 19.6 Å². The Labute approximate surface area is 112 Å². The van der Waals surface area contributed by atoms with Gasteiger partial charge in [0.15, 0.2) is 0 Å². The first-order valence-corrected chi connectivity index (χ1v) is 6.51. The van der Waals surface area contributed by atoms with E-state index in [2.05, 4.69) is 10.3 Å². The summed E-state index contributed by atoms with van der Waals surface area (Å²) < 4.78 is 6.92. The summed E-state index contributed by atoms with van der Waals surface area (Å²) in [7, 11) is 0. The molecule has 18 heavy (non-hydrogen) atoms. The molecule has 0 radical (unpaired) electrons. The lowest BCUT2D eigenvalue weighted by atomic mass is 10.4. The highest BCUT2D eigenvalue weighted by Gasteiger charge is 1.98. The highest BCUT2D eigenvalue weighted by Crippen LogP contribution is 2.00. The van der Waals surface area contributed by atoms with Gasteiger partial charge in [-0.3, -0.25) is 4.57 Å². The fourth-order valence-corrected chi connectivity index (χ4v) is 1.60. The van der Waals surface area contributed by atoms with Crippen molar-refractivity contribution < 1.29 is 4.74 Å². The van der Waals surface area contributed by atoms with Crippen molar-refractivity contribution in [3.63, 3.8) is 0 Å². The highest BCUT2D eigenvalue weighted by molar-refractivity contribution is 6.30. The van der Waals surface area contributed by atoms with Crippen LogP contribution < -0.4 is 11.0 Å². The predicted molar refractivity (Wildman–Crippen MR) is 72.1 cm³/mol. The summed E-state index contributed by atoms with van der Waals surface area (Å²) in [5.74, 6) is 0. The van der Waals surface area contributed by atoms with Gasteiger partial charge in [0.25, 0.3) is 0 Å². The first kappa shape index (κ1) is 15.1. The SMILES string of the molecule is CC(C)OCCCNCCn1cc(Cl)cnc1=O. The largest absolute Gasteiger partial charge is 0.379 e. The predicted octanol–water partition coefficient (Wildman–Crippen LogP) is 1.30. The van der Waals surface area contributed by atoms with Gasteiger partial charge in [0.1, 0.15) is 0 Å². The monoisotopic (exact) mass is 273 g/mol. The fourth-order valence-electron chi connectivity index (χ4n) is 1.43. The van der Waals surface area contributed by atoms with E-state index in [-0.39, 0.29) is 11.8 Å². The smallest absolute Gasteiger partial charge is 0.347 e. The minimum atomic E-state index is -0.274. The molecule has 0 aliphatic rings. The average molecular weight is 274 g/mol. The average Bonchev–Trinajstić information content (AvgIpc) is 2.32. The lowest BCUT2D eigenvalue weighted by molar-refractivity contribution is 0.0771. The standard InChI is InChI=1S/C12H20ClN3O2/c1-10(2)18-7-3-4-14-5-6-16-9-11(13)8-15-12(16)17/h8-10,14H,3-7H2,1-2H3. The molecule has 0 saturated carbocycles. The van der Waals surface area contributed by atoms with Crippen LogP contribution in [0.2, 0.25) is 5.02 Å². The Morgan fingerprint density at radius 3 is 3.00 bits per heavy atom. The Balaban J connectivity index is 2.14. The van der Waals surface area contributed by atoms with Crippen molar-refractivity contribution in [1.29, 1.82) is 0 Å². The summed E-state index contributed by atoms with van der Waals surface area (Å²) in [6.07, 6.45) is 4.19. The molecule has 1 N–H and O–H groups in total. The van der Waals surface area contributed by atoms with E-state index in [1.165, 1.54) is 10.8 Å².